The number of urea groups is 1. The summed E-state index contributed by atoms with van der Waals surface area (Å²) in [5.41, 5.74) is 1.14. The van der Waals surface area contributed by atoms with Crippen LogP contribution in [0.5, 0.6) is 5.75 Å². The largest absolute Gasteiger partial charge is 0.508 e. The van der Waals surface area contributed by atoms with Crippen LogP contribution in [0.15, 0.2) is 24.3 Å². The smallest absolute Gasteiger partial charge is 0.315 e. The molecule has 5 nitrogen and oxygen atoms in total. The predicted molar refractivity (Wildman–Crippen MR) is 74.3 cm³/mol. The number of amides is 2. The fourth-order valence-electron chi connectivity index (χ4n) is 1.66. The minimum Gasteiger partial charge on any atom is -0.508 e. The number of benzene rings is 1. The van der Waals surface area contributed by atoms with E-state index in [0.29, 0.717) is 13.2 Å². The molecule has 0 fully saturated rings. The Morgan fingerprint density at radius 3 is 2.68 bits per heavy atom. The molecule has 1 atom stereocenters. The number of aromatic hydroxyl groups is 1. The molecule has 1 aromatic rings. The minimum absolute atomic E-state index is 0.0938. The number of hydrogen-bond donors (Lipinski definition) is 3. The van der Waals surface area contributed by atoms with Crippen LogP contribution in [0.4, 0.5) is 4.79 Å². The zero-order valence-corrected chi connectivity index (χ0v) is 11.5. The monoisotopic (exact) mass is 266 g/mol. The molecule has 19 heavy (non-hydrogen) atoms. The third-order valence-corrected chi connectivity index (χ3v) is 2.77. The van der Waals surface area contributed by atoms with Gasteiger partial charge in [-0.05, 0) is 37.5 Å². The Labute approximate surface area is 114 Å². The number of aryl methyl sites for hydroxylation is 1. The molecule has 0 aliphatic rings. The second kappa shape index (κ2) is 8.37. The summed E-state index contributed by atoms with van der Waals surface area (Å²) >= 11 is 0. The van der Waals surface area contributed by atoms with Gasteiger partial charge in [-0.3, -0.25) is 0 Å². The number of carbonyl (C=O) groups is 1. The molecule has 1 rings (SSSR count). The average Bonchev–Trinajstić information content (AvgIpc) is 2.38. The standard InChI is InChI=1S/C14H22N2O3/c1-11(16-14(18)15-9-10-19-2)3-4-12-5-7-13(17)8-6-12/h5-8,11,17H,3-4,9-10H2,1-2H3,(H2,15,16,18). The first-order valence-electron chi connectivity index (χ1n) is 6.43. The zero-order chi connectivity index (χ0) is 14.1. The fourth-order valence-corrected chi connectivity index (χ4v) is 1.66. The van der Waals surface area contributed by atoms with Gasteiger partial charge in [0.15, 0.2) is 0 Å². The van der Waals surface area contributed by atoms with E-state index in [0.717, 1.165) is 18.4 Å². The van der Waals surface area contributed by atoms with Crippen molar-refractivity contribution in [3.63, 3.8) is 0 Å². The van der Waals surface area contributed by atoms with E-state index in [9.17, 15) is 9.90 Å². The van der Waals surface area contributed by atoms with Crippen LogP contribution in [0.1, 0.15) is 18.9 Å². The molecule has 106 valence electrons. The molecule has 0 aliphatic carbocycles. The molecular weight excluding hydrogens is 244 g/mol. The van der Waals surface area contributed by atoms with E-state index in [1.165, 1.54) is 0 Å². The lowest BCUT2D eigenvalue weighted by Crippen LogP contribution is -2.42. The summed E-state index contributed by atoms with van der Waals surface area (Å²) in [6.45, 7) is 2.98. The summed E-state index contributed by atoms with van der Waals surface area (Å²) in [5, 5.41) is 14.8. The molecule has 1 unspecified atom stereocenters. The summed E-state index contributed by atoms with van der Waals surface area (Å²) in [4.78, 5) is 11.5. The van der Waals surface area contributed by atoms with E-state index < -0.39 is 0 Å². The van der Waals surface area contributed by atoms with E-state index >= 15 is 0 Å². The van der Waals surface area contributed by atoms with Crippen molar-refractivity contribution >= 4 is 6.03 Å². The van der Waals surface area contributed by atoms with Crippen LogP contribution in [0.2, 0.25) is 0 Å². The maximum Gasteiger partial charge on any atom is 0.315 e. The van der Waals surface area contributed by atoms with Gasteiger partial charge >= 0.3 is 6.03 Å². The van der Waals surface area contributed by atoms with Crippen molar-refractivity contribution < 1.29 is 14.6 Å². The molecule has 2 amide bonds. The van der Waals surface area contributed by atoms with Gasteiger partial charge in [-0.25, -0.2) is 4.79 Å². The highest BCUT2D eigenvalue weighted by atomic mass is 16.5. The topological polar surface area (TPSA) is 70.6 Å². The van der Waals surface area contributed by atoms with Crippen LogP contribution >= 0.6 is 0 Å². The number of methoxy groups -OCH3 is 1. The van der Waals surface area contributed by atoms with Gasteiger partial charge in [-0.15, -0.1) is 0 Å². The average molecular weight is 266 g/mol. The number of rotatable bonds is 7. The van der Waals surface area contributed by atoms with Gasteiger partial charge < -0.3 is 20.5 Å². The first kappa shape index (κ1) is 15.3. The zero-order valence-electron chi connectivity index (χ0n) is 11.5. The van der Waals surface area contributed by atoms with E-state index in [2.05, 4.69) is 10.6 Å². The Balaban J connectivity index is 2.21. The number of carbonyl (C=O) groups excluding carboxylic acids is 1. The van der Waals surface area contributed by atoms with Gasteiger partial charge in [-0.2, -0.15) is 0 Å². The van der Waals surface area contributed by atoms with Crippen LogP contribution in [0.3, 0.4) is 0 Å². The van der Waals surface area contributed by atoms with Gasteiger partial charge in [0.25, 0.3) is 0 Å². The highest BCUT2D eigenvalue weighted by Crippen LogP contribution is 2.11. The number of nitrogens with one attached hydrogen (secondary N) is 2. The Kier molecular flexibility index (Phi) is 6.74. The van der Waals surface area contributed by atoms with Crippen molar-refractivity contribution in [3.05, 3.63) is 29.8 Å². The molecule has 0 aliphatic heterocycles. The predicted octanol–water partition coefficient (Wildman–Crippen LogP) is 1.66. The molecule has 3 N–H and O–H groups in total. The highest BCUT2D eigenvalue weighted by Gasteiger charge is 2.06. The summed E-state index contributed by atoms with van der Waals surface area (Å²) in [6, 6.07) is 7.04. The van der Waals surface area contributed by atoms with E-state index in [4.69, 9.17) is 4.74 Å². The van der Waals surface area contributed by atoms with Crippen molar-refractivity contribution in [3.8, 4) is 5.75 Å². The summed E-state index contributed by atoms with van der Waals surface area (Å²) in [6.07, 6.45) is 1.71. The second-order valence-corrected chi connectivity index (χ2v) is 4.50. The van der Waals surface area contributed by atoms with Crippen molar-refractivity contribution in [2.24, 2.45) is 0 Å². The number of ether oxygens (including phenoxy) is 1. The minimum atomic E-state index is -0.171. The van der Waals surface area contributed by atoms with Crippen LogP contribution < -0.4 is 10.6 Å². The number of hydrogen-bond acceptors (Lipinski definition) is 3. The SMILES string of the molecule is COCCNC(=O)NC(C)CCc1ccc(O)cc1. The first-order valence-corrected chi connectivity index (χ1v) is 6.43. The van der Waals surface area contributed by atoms with Gasteiger partial charge in [0.05, 0.1) is 6.61 Å². The summed E-state index contributed by atoms with van der Waals surface area (Å²) < 4.78 is 4.85. The van der Waals surface area contributed by atoms with Crippen LogP contribution in [-0.2, 0) is 11.2 Å². The lowest BCUT2D eigenvalue weighted by atomic mass is 10.1. The molecule has 0 aromatic heterocycles. The number of phenolic OH excluding ortho intramolecular Hbond substituents is 1. The normalized spacial score (nSPS) is 11.9. The van der Waals surface area contributed by atoms with Crippen LogP contribution in [-0.4, -0.2) is 37.4 Å². The maximum absolute atomic E-state index is 11.5. The maximum atomic E-state index is 11.5. The van der Waals surface area contributed by atoms with E-state index in [-0.39, 0.29) is 17.8 Å². The van der Waals surface area contributed by atoms with Gasteiger partial charge in [0.1, 0.15) is 5.75 Å². The Bertz CT molecular complexity index is 379. The lowest BCUT2D eigenvalue weighted by molar-refractivity contribution is 0.195. The van der Waals surface area contributed by atoms with E-state index in [1.807, 2.05) is 19.1 Å². The molecule has 0 spiro atoms. The third kappa shape index (κ3) is 6.67. The summed E-state index contributed by atoms with van der Waals surface area (Å²) in [7, 11) is 1.60. The quantitative estimate of drug-likeness (QED) is 0.657. The number of phenols is 1. The van der Waals surface area contributed by atoms with E-state index in [1.54, 1.807) is 19.2 Å². The Morgan fingerprint density at radius 1 is 1.37 bits per heavy atom. The first-order chi connectivity index (χ1) is 9.11. The van der Waals surface area contributed by atoms with Crippen molar-refractivity contribution in [1.82, 2.24) is 10.6 Å². The van der Waals surface area contributed by atoms with Gasteiger partial charge in [0.2, 0.25) is 0 Å². The molecule has 0 saturated carbocycles. The van der Waals surface area contributed by atoms with Crippen LogP contribution in [0, 0.1) is 0 Å². The molecule has 0 bridgehead atoms. The highest BCUT2D eigenvalue weighted by molar-refractivity contribution is 5.74. The second-order valence-electron chi connectivity index (χ2n) is 4.50. The van der Waals surface area contributed by atoms with Crippen LogP contribution in [0.25, 0.3) is 0 Å². The van der Waals surface area contributed by atoms with Crippen molar-refractivity contribution in [2.45, 2.75) is 25.8 Å². The summed E-state index contributed by atoms with van der Waals surface area (Å²) in [5.74, 6) is 0.271. The molecule has 0 heterocycles. The van der Waals surface area contributed by atoms with Crippen molar-refractivity contribution in [2.75, 3.05) is 20.3 Å². The third-order valence-electron chi connectivity index (χ3n) is 2.77. The lowest BCUT2D eigenvalue weighted by Gasteiger charge is -2.14. The Hall–Kier alpha value is -1.75. The molecular formula is C14H22N2O3. The van der Waals surface area contributed by atoms with Gasteiger partial charge in [-0.1, -0.05) is 12.1 Å². The van der Waals surface area contributed by atoms with Crippen molar-refractivity contribution in [1.29, 1.82) is 0 Å². The molecule has 5 heteroatoms. The Morgan fingerprint density at radius 2 is 2.05 bits per heavy atom. The molecule has 1 aromatic carbocycles. The molecule has 0 saturated heterocycles. The fraction of sp³-hybridized carbons (Fsp3) is 0.500. The van der Waals surface area contributed by atoms with Gasteiger partial charge in [0, 0.05) is 19.7 Å². The molecule has 0 radical (unpaired) electrons.